The van der Waals surface area contributed by atoms with Crippen molar-refractivity contribution < 1.29 is 0 Å². The Morgan fingerprint density at radius 3 is 2.94 bits per heavy atom. The Morgan fingerprint density at radius 1 is 1.29 bits per heavy atom. The molecule has 2 aromatic rings. The van der Waals surface area contributed by atoms with Gasteiger partial charge in [0, 0.05) is 43.1 Å². The largest absolute Gasteiger partial charge is 0.314 e. The highest BCUT2D eigenvalue weighted by atomic mass is 32.1. The van der Waals surface area contributed by atoms with Gasteiger partial charge in [0.25, 0.3) is 0 Å². The van der Waals surface area contributed by atoms with Crippen molar-refractivity contribution in [2.75, 3.05) is 26.2 Å². The molecule has 90 valence electrons. The maximum atomic E-state index is 4.65. The van der Waals surface area contributed by atoms with Gasteiger partial charge in [-0.1, -0.05) is 0 Å². The molecule has 1 saturated heterocycles. The first-order chi connectivity index (χ1) is 8.42. The number of aromatic nitrogens is 2. The third-order valence-electron chi connectivity index (χ3n) is 2.77. The van der Waals surface area contributed by atoms with E-state index in [1.807, 2.05) is 11.6 Å². The summed E-state index contributed by atoms with van der Waals surface area (Å²) in [5.41, 5.74) is 1.02. The Hall–Kier alpha value is -0.820. The number of hydrogen-bond acceptors (Lipinski definition) is 6. The summed E-state index contributed by atoms with van der Waals surface area (Å²) in [7, 11) is 0. The van der Waals surface area contributed by atoms with Crippen LogP contribution in [0.5, 0.6) is 0 Å². The van der Waals surface area contributed by atoms with Gasteiger partial charge < -0.3 is 5.32 Å². The van der Waals surface area contributed by atoms with Crippen molar-refractivity contribution in [3.63, 3.8) is 0 Å². The highest BCUT2D eigenvalue weighted by Crippen LogP contribution is 2.24. The topological polar surface area (TPSA) is 41.0 Å². The molecule has 0 atom stereocenters. The number of piperazine rings is 1. The van der Waals surface area contributed by atoms with Crippen LogP contribution in [0.25, 0.3) is 10.7 Å². The van der Waals surface area contributed by atoms with E-state index in [1.165, 1.54) is 5.01 Å². The van der Waals surface area contributed by atoms with Crippen molar-refractivity contribution in [1.82, 2.24) is 20.2 Å². The highest BCUT2D eigenvalue weighted by Gasteiger charge is 2.13. The predicted octanol–water partition coefficient (Wildman–Crippen LogP) is 1.67. The fraction of sp³-hybridized carbons (Fsp3) is 0.455. The molecular formula is C11H14N4S2. The van der Waals surface area contributed by atoms with Crippen molar-refractivity contribution in [3.05, 3.63) is 22.0 Å². The molecule has 0 bridgehead atoms. The van der Waals surface area contributed by atoms with Crippen LogP contribution in [0, 0.1) is 0 Å². The maximum absolute atomic E-state index is 4.65. The SMILES string of the molecule is c1csc(-c2csc(CN3CCNCC3)n2)n1. The van der Waals surface area contributed by atoms with Gasteiger partial charge in [0.05, 0.1) is 6.54 Å². The second kappa shape index (κ2) is 5.22. The lowest BCUT2D eigenvalue weighted by molar-refractivity contribution is 0.233. The molecule has 0 aliphatic carbocycles. The highest BCUT2D eigenvalue weighted by molar-refractivity contribution is 7.14. The summed E-state index contributed by atoms with van der Waals surface area (Å²) in [6.07, 6.45) is 1.83. The van der Waals surface area contributed by atoms with Crippen LogP contribution in [0.1, 0.15) is 5.01 Å². The molecule has 3 heterocycles. The van der Waals surface area contributed by atoms with Gasteiger partial charge in [-0.05, 0) is 0 Å². The molecule has 1 fully saturated rings. The average Bonchev–Trinajstić information content (AvgIpc) is 3.00. The lowest BCUT2D eigenvalue weighted by atomic mass is 10.3. The zero-order chi connectivity index (χ0) is 11.5. The van der Waals surface area contributed by atoms with Crippen LogP contribution in [-0.4, -0.2) is 41.0 Å². The van der Waals surface area contributed by atoms with Crippen LogP contribution in [0.3, 0.4) is 0 Å². The Kier molecular flexibility index (Phi) is 3.46. The van der Waals surface area contributed by atoms with Gasteiger partial charge in [-0.25, -0.2) is 9.97 Å². The Labute approximate surface area is 108 Å². The van der Waals surface area contributed by atoms with E-state index in [-0.39, 0.29) is 0 Å². The smallest absolute Gasteiger partial charge is 0.142 e. The number of thiazole rings is 2. The molecule has 17 heavy (non-hydrogen) atoms. The fourth-order valence-corrected chi connectivity index (χ4v) is 3.38. The van der Waals surface area contributed by atoms with E-state index in [0.29, 0.717) is 0 Å². The number of hydrogen-bond donors (Lipinski definition) is 1. The Morgan fingerprint density at radius 2 is 2.18 bits per heavy atom. The summed E-state index contributed by atoms with van der Waals surface area (Å²) in [5.74, 6) is 0. The van der Waals surface area contributed by atoms with E-state index >= 15 is 0 Å². The van der Waals surface area contributed by atoms with Crippen molar-refractivity contribution >= 4 is 22.7 Å². The molecule has 0 unspecified atom stereocenters. The Balaban J connectivity index is 1.68. The molecule has 0 amide bonds. The molecule has 0 spiro atoms. The number of nitrogens with zero attached hydrogens (tertiary/aromatic N) is 3. The molecule has 1 aliphatic rings. The molecular weight excluding hydrogens is 252 g/mol. The van der Waals surface area contributed by atoms with Gasteiger partial charge >= 0.3 is 0 Å². The molecule has 6 heteroatoms. The molecule has 0 saturated carbocycles. The zero-order valence-corrected chi connectivity index (χ0v) is 11.1. The van der Waals surface area contributed by atoms with E-state index in [4.69, 9.17) is 0 Å². The second-order valence-corrected chi connectivity index (χ2v) is 5.83. The van der Waals surface area contributed by atoms with Crippen molar-refractivity contribution in [3.8, 4) is 10.7 Å². The molecule has 3 rings (SSSR count). The summed E-state index contributed by atoms with van der Waals surface area (Å²) in [6, 6.07) is 0. The van der Waals surface area contributed by atoms with E-state index in [0.717, 1.165) is 43.4 Å². The number of nitrogens with one attached hydrogen (secondary N) is 1. The molecule has 1 N–H and O–H groups in total. The fourth-order valence-electron chi connectivity index (χ4n) is 1.89. The van der Waals surface area contributed by atoms with E-state index in [1.54, 1.807) is 22.7 Å². The van der Waals surface area contributed by atoms with Crippen LogP contribution in [0.4, 0.5) is 0 Å². The quantitative estimate of drug-likeness (QED) is 0.917. The maximum Gasteiger partial charge on any atom is 0.142 e. The summed E-state index contributed by atoms with van der Waals surface area (Å²) in [6.45, 7) is 5.38. The Bertz CT molecular complexity index is 460. The van der Waals surface area contributed by atoms with E-state index < -0.39 is 0 Å². The average molecular weight is 266 g/mol. The van der Waals surface area contributed by atoms with E-state index in [9.17, 15) is 0 Å². The molecule has 0 aromatic carbocycles. The summed E-state index contributed by atoms with van der Waals surface area (Å²) in [4.78, 5) is 11.4. The molecule has 2 aromatic heterocycles. The van der Waals surface area contributed by atoms with Crippen LogP contribution >= 0.6 is 22.7 Å². The van der Waals surface area contributed by atoms with Crippen LogP contribution in [0.2, 0.25) is 0 Å². The summed E-state index contributed by atoms with van der Waals surface area (Å²) < 4.78 is 0. The van der Waals surface area contributed by atoms with Gasteiger partial charge in [-0.2, -0.15) is 0 Å². The van der Waals surface area contributed by atoms with Gasteiger partial charge in [-0.15, -0.1) is 22.7 Å². The van der Waals surface area contributed by atoms with Crippen LogP contribution in [0.15, 0.2) is 17.0 Å². The van der Waals surface area contributed by atoms with Gasteiger partial charge in [0.2, 0.25) is 0 Å². The van der Waals surface area contributed by atoms with Gasteiger partial charge in [0.15, 0.2) is 0 Å². The first kappa shape index (κ1) is 11.3. The van der Waals surface area contributed by atoms with Crippen LogP contribution < -0.4 is 5.32 Å². The summed E-state index contributed by atoms with van der Waals surface area (Å²) in [5, 5.41) is 9.67. The van der Waals surface area contributed by atoms with Crippen LogP contribution in [-0.2, 0) is 6.54 Å². The van der Waals surface area contributed by atoms with Gasteiger partial charge in [0.1, 0.15) is 15.7 Å². The van der Waals surface area contributed by atoms with Gasteiger partial charge in [-0.3, -0.25) is 4.90 Å². The molecule has 4 nitrogen and oxygen atoms in total. The lowest BCUT2D eigenvalue weighted by Crippen LogP contribution is -2.42. The summed E-state index contributed by atoms with van der Waals surface area (Å²) >= 11 is 3.38. The minimum Gasteiger partial charge on any atom is -0.314 e. The predicted molar refractivity (Wildman–Crippen MR) is 71.4 cm³/mol. The third kappa shape index (κ3) is 2.71. The van der Waals surface area contributed by atoms with E-state index in [2.05, 4.69) is 25.6 Å². The van der Waals surface area contributed by atoms with Crippen molar-refractivity contribution in [2.45, 2.75) is 6.54 Å². The monoisotopic (exact) mass is 266 g/mol. The first-order valence-electron chi connectivity index (χ1n) is 5.69. The van der Waals surface area contributed by atoms with Crippen molar-refractivity contribution in [2.24, 2.45) is 0 Å². The first-order valence-corrected chi connectivity index (χ1v) is 7.45. The lowest BCUT2D eigenvalue weighted by Gasteiger charge is -2.26. The third-order valence-corrected chi connectivity index (χ3v) is 4.40. The number of rotatable bonds is 3. The second-order valence-electron chi connectivity index (χ2n) is 3.99. The minimum atomic E-state index is 0.970. The molecule has 0 radical (unpaired) electrons. The molecule has 1 aliphatic heterocycles. The van der Waals surface area contributed by atoms with Crippen molar-refractivity contribution in [1.29, 1.82) is 0 Å². The standard InChI is InChI=1S/C11H14N4S2/c1-4-15(5-2-12-1)7-10-14-9(8-17-10)11-13-3-6-16-11/h3,6,8,12H,1-2,4-5,7H2. The zero-order valence-electron chi connectivity index (χ0n) is 9.43. The normalized spacial score (nSPS) is 17.4. The minimum absolute atomic E-state index is 0.970.